The van der Waals surface area contributed by atoms with Crippen LogP contribution in [0, 0.1) is 17.7 Å². The summed E-state index contributed by atoms with van der Waals surface area (Å²) in [7, 11) is 10.2. The molecular formula is C74H98ClF4N13O13. The Hall–Kier alpha value is -9.58. The lowest BCUT2D eigenvalue weighted by Gasteiger charge is -2.38. The van der Waals surface area contributed by atoms with Crippen molar-refractivity contribution in [3.05, 3.63) is 136 Å². The fraction of sp³-hybridized carbons (Fsp3) is 0.527. The Balaban J connectivity index is 1.50. The summed E-state index contributed by atoms with van der Waals surface area (Å²) < 4.78 is 62.6. The maximum atomic E-state index is 15.8. The van der Waals surface area contributed by atoms with E-state index < -0.39 is 175 Å². The number of nitrogens with zero attached hydrogens (tertiary/aromatic N) is 9. The molecule has 1 aromatic heterocycles. The van der Waals surface area contributed by atoms with E-state index in [1.807, 2.05) is 0 Å². The molecule has 3 heterocycles. The Labute approximate surface area is 615 Å². The van der Waals surface area contributed by atoms with Crippen molar-refractivity contribution in [3.8, 4) is 0 Å². The molecule has 0 aliphatic carbocycles. The van der Waals surface area contributed by atoms with Gasteiger partial charge in [-0.1, -0.05) is 100 Å². The highest BCUT2D eigenvalue weighted by molar-refractivity contribution is 6.30. The van der Waals surface area contributed by atoms with Crippen LogP contribution in [0.25, 0.3) is 0 Å². The maximum absolute atomic E-state index is 15.8. The van der Waals surface area contributed by atoms with Crippen LogP contribution in [-0.2, 0) is 87.7 Å². The van der Waals surface area contributed by atoms with Crippen molar-refractivity contribution in [2.75, 3.05) is 89.2 Å². The number of likely N-dealkylation sites (N-methyl/N-ethyl adjacent to an activating group) is 7. The third-order valence-electron chi connectivity index (χ3n) is 19.3. The zero-order valence-electron chi connectivity index (χ0n) is 61.7. The molecule has 105 heavy (non-hydrogen) atoms. The Morgan fingerprint density at radius 2 is 1.17 bits per heavy atom. The first-order chi connectivity index (χ1) is 49.4. The van der Waals surface area contributed by atoms with Crippen LogP contribution in [0.1, 0.15) is 107 Å². The SMILES string of the molecule is CC[C@H](C)[C@@H]1NC(=O)[C@H](C)N(C)C(=O)CC(C(=O)N2CCCC2)NC(=O)[C@H](CC(C)C)N(C)C(=O)[C@H](Cc2ccccc2)N(C)C(=O)[C@H](C(OC)c2cncc(F)c2)NC(=O)[C@H](CCc2ccc(C(F)(F)F)cc2)NC(=O)CN(C)C(=O)[C@H](Cc2ccc(Cl)cc2)N(C)C(=O)CN(C)C(=O)CN(C)C1=O. The minimum atomic E-state index is -4.71. The Morgan fingerprint density at radius 1 is 0.610 bits per heavy atom. The summed E-state index contributed by atoms with van der Waals surface area (Å²) in [5.74, 6) is -11.9. The molecule has 26 nitrogen and oxygen atoms in total. The number of hydrogen-bond donors (Lipinski definition) is 4. The number of likely N-dealkylation sites (tertiary alicyclic amines) is 1. The van der Waals surface area contributed by atoms with Gasteiger partial charge >= 0.3 is 6.18 Å². The van der Waals surface area contributed by atoms with Crippen LogP contribution < -0.4 is 21.3 Å². The number of nitrogens with one attached hydrogen (secondary N) is 4. The molecule has 2 unspecified atom stereocenters. The Bertz CT molecular complexity index is 3720. The number of alkyl halides is 3. The quantitative estimate of drug-likeness (QED) is 0.120. The molecule has 12 amide bonds. The van der Waals surface area contributed by atoms with Crippen LogP contribution >= 0.6 is 11.6 Å². The standard InChI is InChI=1S/C74H98ClF4N13O13/c1-14-45(4)63-72(103)87(8)42-61(95)85(6)43-62(96)89(10)57(36-49-24-29-52(75)30-25-49)70(101)86(7)41-59(93)81-54(31-26-47-22-27-51(28-23-47)74(77,78)79)67(98)84-64(65(105-13)50-37-53(76)40-80-39-50)73(104)91(12)58(35-48-20-16-15-17-21-48)71(102)90(11)56(34-44(2)3)68(99)82-55(69(100)92-32-18-19-33-92)38-60(94)88(9)46(5)66(97)83-63/h15-17,20-25,27-30,37,39-40,44-46,54-58,63-65H,14,18-19,26,31-36,38,41-43H2,1-13H3,(H,81,93)(H,82,99)(H,83,97)(H,84,98)/t45-,46-,54-,55?,56-,57-,58-,63-,64-,65?/m0/s1. The summed E-state index contributed by atoms with van der Waals surface area (Å²) in [6, 6.07) is 7.57. The number of carbonyl (C=O) groups excluding carboxylic acids is 12. The summed E-state index contributed by atoms with van der Waals surface area (Å²) in [5, 5.41) is 11.1. The minimum absolute atomic E-state index is 0.0448. The number of methoxy groups -OCH3 is 1. The fourth-order valence-corrected chi connectivity index (χ4v) is 12.5. The van der Waals surface area contributed by atoms with Gasteiger partial charge in [0.05, 0.1) is 37.8 Å². The van der Waals surface area contributed by atoms with E-state index in [1.54, 1.807) is 82.3 Å². The second-order valence-electron chi connectivity index (χ2n) is 27.5. The van der Waals surface area contributed by atoms with Gasteiger partial charge in [0.1, 0.15) is 60.3 Å². The highest BCUT2D eigenvalue weighted by Gasteiger charge is 2.44. The first-order valence-corrected chi connectivity index (χ1v) is 35.2. The van der Waals surface area contributed by atoms with E-state index in [4.69, 9.17) is 16.3 Å². The van der Waals surface area contributed by atoms with Crippen LogP contribution in [0.3, 0.4) is 0 Å². The molecule has 0 bridgehead atoms. The zero-order chi connectivity index (χ0) is 77.9. The maximum Gasteiger partial charge on any atom is 0.416 e. The highest BCUT2D eigenvalue weighted by atomic mass is 35.5. The van der Waals surface area contributed by atoms with E-state index in [9.17, 15) is 51.5 Å². The minimum Gasteiger partial charge on any atom is -0.374 e. The van der Waals surface area contributed by atoms with Crippen LogP contribution in [0.15, 0.2) is 97.3 Å². The van der Waals surface area contributed by atoms with Crippen molar-refractivity contribution in [1.82, 2.24) is 65.5 Å². The summed E-state index contributed by atoms with van der Waals surface area (Å²) in [4.78, 5) is 190. The van der Waals surface area contributed by atoms with E-state index in [-0.39, 0.29) is 49.1 Å². The molecule has 2 fully saturated rings. The fourth-order valence-electron chi connectivity index (χ4n) is 12.4. The molecule has 0 saturated carbocycles. The van der Waals surface area contributed by atoms with Crippen molar-refractivity contribution in [3.63, 3.8) is 0 Å². The van der Waals surface area contributed by atoms with Gasteiger partial charge in [0.2, 0.25) is 70.9 Å². The molecule has 6 rings (SSSR count). The molecule has 0 radical (unpaired) electrons. The molecule has 2 saturated heterocycles. The third kappa shape index (κ3) is 23.2. The normalized spacial score (nSPS) is 23.1. The number of carbonyl (C=O) groups is 12. The molecule has 3 aromatic carbocycles. The number of aromatic nitrogens is 1. The molecule has 4 N–H and O–H groups in total. The number of pyridine rings is 1. The van der Waals surface area contributed by atoms with Crippen molar-refractivity contribution >= 4 is 82.5 Å². The van der Waals surface area contributed by atoms with Gasteiger partial charge in [-0.25, -0.2) is 4.39 Å². The Kier molecular flexibility index (Phi) is 30.9. The average Bonchev–Trinajstić information content (AvgIpc) is 1.18. The van der Waals surface area contributed by atoms with Gasteiger partial charge in [-0.2, -0.15) is 13.2 Å². The summed E-state index contributed by atoms with van der Waals surface area (Å²) in [6.45, 7) is 6.98. The lowest BCUT2D eigenvalue weighted by molar-refractivity contribution is -0.151. The van der Waals surface area contributed by atoms with E-state index in [2.05, 4.69) is 26.3 Å². The predicted octanol–water partition coefficient (Wildman–Crippen LogP) is 4.46. The molecule has 572 valence electrons. The number of rotatable bonds is 15. The smallest absolute Gasteiger partial charge is 0.374 e. The van der Waals surface area contributed by atoms with Crippen LogP contribution in [0.2, 0.25) is 5.02 Å². The lowest BCUT2D eigenvalue weighted by atomic mass is 9.96. The molecular weight excluding hydrogens is 1390 g/mol. The number of benzene rings is 3. The van der Waals surface area contributed by atoms with Gasteiger partial charge in [0.15, 0.2) is 0 Å². The number of aryl methyl sites for hydroxylation is 1. The van der Waals surface area contributed by atoms with Crippen molar-refractivity contribution < 1.29 is 79.8 Å². The predicted molar refractivity (Wildman–Crippen MR) is 381 cm³/mol. The third-order valence-corrected chi connectivity index (χ3v) is 19.6. The van der Waals surface area contributed by atoms with Gasteiger partial charge in [-0.3, -0.25) is 62.5 Å². The van der Waals surface area contributed by atoms with Gasteiger partial charge < -0.3 is 65.2 Å². The first kappa shape index (κ1) is 84.4. The number of halogens is 5. The van der Waals surface area contributed by atoms with Gasteiger partial charge in [-0.05, 0) is 97.9 Å². The zero-order valence-corrected chi connectivity index (χ0v) is 62.5. The average molecular weight is 1490 g/mol. The van der Waals surface area contributed by atoms with E-state index in [0.717, 1.165) is 72.0 Å². The number of hydrogen-bond acceptors (Lipinski definition) is 14. The van der Waals surface area contributed by atoms with Crippen molar-refractivity contribution in [2.45, 2.75) is 153 Å². The molecule has 10 atom stereocenters. The summed E-state index contributed by atoms with van der Waals surface area (Å²) in [5.41, 5.74) is 0.208. The first-order valence-electron chi connectivity index (χ1n) is 34.8. The van der Waals surface area contributed by atoms with E-state index in [0.29, 0.717) is 48.5 Å². The number of amides is 12. The van der Waals surface area contributed by atoms with Crippen molar-refractivity contribution in [2.24, 2.45) is 11.8 Å². The highest BCUT2D eigenvalue weighted by Crippen LogP contribution is 2.30. The van der Waals surface area contributed by atoms with E-state index >= 15 is 23.6 Å². The molecule has 2 aliphatic heterocycles. The topological polar surface area (TPSA) is 301 Å². The number of ether oxygens (including phenoxy) is 1. The largest absolute Gasteiger partial charge is 0.416 e. The van der Waals surface area contributed by atoms with Crippen LogP contribution in [0.4, 0.5) is 17.6 Å². The monoisotopic (exact) mass is 1490 g/mol. The molecule has 4 aromatic rings. The van der Waals surface area contributed by atoms with Crippen LogP contribution in [-0.4, -0.2) is 253 Å². The summed E-state index contributed by atoms with van der Waals surface area (Å²) >= 11 is 6.23. The second kappa shape index (κ2) is 38.4. The van der Waals surface area contributed by atoms with Gasteiger partial charge in [0.25, 0.3) is 0 Å². The summed E-state index contributed by atoms with van der Waals surface area (Å²) in [6.07, 6.45) is -4.42. The second-order valence-corrected chi connectivity index (χ2v) is 28.0. The van der Waals surface area contributed by atoms with Crippen molar-refractivity contribution in [1.29, 1.82) is 0 Å². The Morgan fingerprint density at radius 3 is 1.75 bits per heavy atom. The molecule has 2 aliphatic rings. The lowest BCUT2D eigenvalue weighted by Crippen LogP contribution is -2.61. The molecule has 31 heteroatoms. The van der Waals surface area contributed by atoms with Crippen LogP contribution in [0.5, 0.6) is 0 Å². The molecule has 0 spiro atoms. The van der Waals surface area contributed by atoms with Gasteiger partial charge in [0, 0.05) is 99.2 Å². The van der Waals surface area contributed by atoms with E-state index in [1.165, 1.54) is 73.3 Å². The van der Waals surface area contributed by atoms with Gasteiger partial charge in [-0.15, -0.1) is 0 Å².